The lowest BCUT2D eigenvalue weighted by atomic mass is 9.93. The first-order valence-corrected chi connectivity index (χ1v) is 9.56. The second kappa shape index (κ2) is 7.24. The second-order valence-corrected chi connectivity index (χ2v) is 8.32. The molecule has 0 amide bonds. The van der Waals surface area contributed by atoms with Crippen LogP contribution in [0.25, 0.3) is 33.5 Å². The van der Waals surface area contributed by atoms with Crippen LogP contribution < -0.4 is 5.32 Å². The van der Waals surface area contributed by atoms with E-state index in [9.17, 15) is 0 Å². The maximum absolute atomic E-state index is 6.00. The summed E-state index contributed by atoms with van der Waals surface area (Å²) in [7, 11) is 4.20. The summed E-state index contributed by atoms with van der Waals surface area (Å²) in [5.74, 6) is 2.12. The summed E-state index contributed by atoms with van der Waals surface area (Å²) in [5, 5.41) is 5.63. The quantitative estimate of drug-likeness (QED) is 0.512. The Morgan fingerprint density at radius 2 is 1.75 bits per heavy atom. The standard InChI is InChI=1S/C23H26N4O/c1-23(2,15-27(3)4)14-24-21-17-10-6-7-11-18(17)25-22(26-21)20-13-16-9-5-8-12-19(16)28-20/h5-13H,14-15H2,1-4H3,(H,24,25,26). The number of benzene rings is 2. The molecule has 4 rings (SSSR count). The van der Waals surface area contributed by atoms with Gasteiger partial charge in [-0.05, 0) is 43.8 Å². The number of hydrogen-bond acceptors (Lipinski definition) is 5. The van der Waals surface area contributed by atoms with Crippen LogP contribution in [-0.4, -0.2) is 42.1 Å². The Morgan fingerprint density at radius 3 is 2.54 bits per heavy atom. The molecule has 0 aliphatic heterocycles. The molecule has 2 aromatic heterocycles. The molecule has 0 saturated heterocycles. The minimum Gasteiger partial charge on any atom is -0.453 e. The molecule has 0 spiro atoms. The lowest BCUT2D eigenvalue weighted by molar-refractivity contribution is 0.254. The average molecular weight is 374 g/mol. The van der Waals surface area contributed by atoms with Crippen molar-refractivity contribution < 1.29 is 4.42 Å². The van der Waals surface area contributed by atoms with Gasteiger partial charge in [0.05, 0.1) is 5.52 Å². The van der Waals surface area contributed by atoms with Gasteiger partial charge < -0.3 is 14.6 Å². The van der Waals surface area contributed by atoms with E-state index < -0.39 is 0 Å². The Labute approximate surface area is 165 Å². The van der Waals surface area contributed by atoms with Crippen LogP contribution in [0.3, 0.4) is 0 Å². The molecule has 0 unspecified atom stereocenters. The summed E-state index contributed by atoms with van der Waals surface area (Å²) >= 11 is 0. The van der Waals surface area contributed by atoms with Crippen LogP contribution in [0.2, 0.25) is 0 Å². The van der Waals surface area contributed by atoms with Gasteiger partial charge in [-0.3, -0.25) is 0 Å². The van der Waals surface area contributed by atoms with Gasteiger partial charge in [-0.15, -0.1) is 0 Å². The van der Waals surface area contributed by atoms with Crippen molar-refractivity contribution in [3.63, 3.8) is 0 Å². The Hall–Kier alpha value is -2.92. The number of rotatable bonds is 6. The molecule has 5 nitrogen and oxygen atoms in total. The highest BCUT2D eigenvalue weighted by Crippen LogP contribution is 2.29. The van der Waals surface area contributed by atoms with Crippen molar-refractivity contribution >= 4 is 27.7 Å². The topological polar surface area (TPSA) is 54.2 Å². The zero-order valence-electron chi connectivity index (χ0n) is 16.9. The normalized spacial score (nSPS) is 12.2. The number of para-hydroxylation sites is 2. The zero-order chi connectivity index (χ0) is 19.7. The van der Waals surface area contributed by atoms with E-state index in [-0.39, 0.29) is 5.41 Å². The Bertz CT molecular complexity index is 1080. The van der Waals surface area contributed by atoms with Crippen LogP contribution in [0.1, 0.15) is 13.8 Å². The molecule has 2 aromatic carbocycles. The van der Waals surface area contributed by atoms with Gasteiger partial charge in [0.2, 0.25) is 0 Å². The summed E-state index contributed by atoms with van der Waals surface area (Å²) in [6, 6.07) is 18.0. The third-order valence-electron chi connectivity index (χ3n) is 4.73. The van der Waals surface area contributed by atoms with Gasteiger partial charge in [-0.1, -0.05) is 44.2 Å². The lowest BCUT2D eigenvalue weighted by Crippen LogP contribution is -2.34. The molecule has 0 radical (unpaired) electrons. The highest BCUT2D eigenvalue weighted by molar-refractivity contribution is 5.91. The molecule has 144 valence electrons. The molecule has 0 aliphatic rings. The number of fused-ring (bicyclic) bond motifs is 2. The Balaban J connectivity index is 1.73. The monoisotopic (exact) mass is 374 g/mol. The van der Waals surface area contributed by atoms with E-state index in [0.717, 1.165) is 40.8 Å². The third kappa shape index (κ3) is 3.85. The predicted molar refractivity (Wildman–Crippen MR) is 116 cm³/mol. The molecular weight excluding hydrogens is 348 g/mol. The molecule has 0 atom stereocenters. The van der Waals surface area contributed by atoms with Crippen molar-refractivity contribution in [1.82, 2.24) is 14.9 Å². The fourth-order valence-corrected chi connectivity index (χ4v) is 3.65. The van der Waals surface area contributed by atoms with Crippen molar-refractivity contribution in [3.8, 4) is 11.6 Å². The summed E-state index contributed by atoms with van der Waals surface area (Å²) in [4.78, 5) is 11.8. The molecule has 1 N–H and O–H groups in total. The van der Waals surface area contributed by atoms with Crippen LogP contribution in [0.15, 0.2) is 59.0 Å². The highest BCUT2D eigenvalue weighted by atomic mass is 16.3. The van der Waals surface area contributed by atoms with Gasteiger partial charge >= 0.3 is 0 Å². The van der Waals surface area contributed by atoms with E-state index in [1.165, 1.54) is 0 Å². The van der Waals surface area contributed by atoms with E-state index >= 15 is 0 Å². The molecule has 28 heavy (non-hydrogen) atoms. The lowest BCUT2D eigenvalue weighted by Gasteiger charge is -2.28. The Kier molecular flexibility index (Phi) is 4.77. The summed E-state index contributed by atoms with van der Waals surface area (Å²) in [5.41, 5.74) is 1.85. The molecular formula is C23H26N4O. The number of aromatic nitrogens is 2. The molecule has 0 aliphatic carbocycles. The van der Waals surface area contributed by atoms with Crippen molar-refractivity contribution in [2.24, 2.45) is 5.41 Å². The zero-order valence-corrected chi connectivity index (χ0v) is 16.9. The molecule has 0 saturated carbocycles. The van der Waals surface area contributed by atoms with Crippen molar-refractivity contribution in [1.29, 1.82) is 0 Å². The summed E-state index contributed by atoms with van der Waals surface area (Å²) in [6.45, 7) is 6.30. The van der Waals surface area contributed by atoms with Crippen molar-refractivity contribution in [3.05, 3.63) is 54.6 Å². The van der Waals surface area contributed by atoms with Crippen molar-refractivity contribution in [2.75, 3.05) is 32.5 Å². The molecule has 0 fully saturated rings. The largest absolute Gasteiger partial charge is 0.453 e. The molecule has 0 bridgehead atoms. The fourth-order valence-electron chi connectivity index (χ4n) is 3.65. The van der Waals surface area contributed by atoms with Gasteiger partial charge in [-0.25, -0.2) is 9.97 Å². The van der Waals surface area contributed by atoms with Crippen LogP contribution in [0, 0.1) is 5.41 Å². The number of nitrogens with one attached hydrogen (secondary N) is 1. The van der Waals surface area contributed by atoms with Gasteiger partial charge in [0, 0.05) is 23.9 Å². The third-order valence-corrected chi connectivity index (χ3v) is 4.73. The Morgan fingerprint density at radius 1 is 1.00 bits per heavy atom. The molecule has 2 heterocycles. The number of hydrogen-bond donors (Lipinski definition) is 1. The van der Waals surface area contributed by atoms with Gasteiger partial charge in [-0.2, -0.15) is 0 Å². The van der Waals surface area contributed by atoms with E-state index in [1.807, 2.05) is 48.5 Å². The van der Waals surface area contributed by atoms with E-state index in [0.29, 0.717) is 11.6 Å². The van der Waals surface area contributed by atoms with Crippen LogP contribution >= 0.6 is 0 Å². The number of nitrogens with zero attached hydrogens (tertiary/aromatic N) is 3. The fraction of sp³-hybridized carbons (Fsp3) is 0.304. The van der Waals surface area contributed by atoms with Gasteiger partial charge in [0.1, 0.15) is 11.4 Å². The SMILES string of the molecule is CN(C)CC(C)(C)CNc1nc(-c2cc3ccccc3o2)nc2ccccc12. The molecule has 4 aromatic rings. The first kappa shape index (κ1) is 18.4. The highest BCUT2D eigenvalue weighted by Gasteiger charge is 2.20. The average Bonchev–Trinajstić information content (AvgIpc) is 3.09. The van der Waals surface area contributed by atoms with Crippen LogP contribution in [-0.2, 0) is 0 Å². The van der Waals surface area contributed by atoms with E-state index in [1.54, 1.807) is 0 Å². The number of anilines is 1. The summed E-state index contributed by atoms with van der Waals surface area (Å²) < 4.78 is 6.00. The van der Waals surface area contributed by atoms with E-state index in [4.69, 9.17) is 14.4 Å². The first-order valence-electron chi connectivity index (χ1n) is 9.56. The van der Waals surface area contributed by atoms with Gasteiger partial charge in [0.15, 0.2) is 11.6 Å². The maximum Gasteiger partial charge on any atom is 0.198 e. The predicted octanol–water partition coefficient (Wildman–Crippen LogP) is 5.04. The molecule has 5 heteroatoms. The minimum atomic E-state index is 0.106. The summed E-state index contributed by atoms with van der Waals surface area (Å²) in [6.07, 6.45) is 0. The van der Waals surface area contributed by atoms with Crippen molar-refractivity contribution in [2.45, 2.75) is 13.8 Å². The van der Waals surface area contributed by atoms with Gasteiger partial charge in [0.25, 0.3) is 0 Å². The maximum atomic E-state index is 6.00. The van der Waals surface area contributed by atoms with Crippen LogP contribution in [0.5, 0.6) is 0 Å². The van der Waals surface area contributed by atoms with Crippen LogP contribution in [0.4, 0.5) is 5.82 Å². The smallest absolute Gasteiger partial charge is 0.198 e. The number of furan rings is 1. The second-order valence-electron chi connectivity index (χ2n) is 8.32. The first-order chi connectivity index (χ1) is 13.4. The van der Waals surface area contributed by atoms with E-state index in [2.05, 4.69) is 44.2 Å². The minimum absolute atomic E-state index is 0.106.